The predicted octanol–water partition coefficient (Wildman–Crippen LogP) is 3.82. The maximum absolute atomic E-state index is 5.81. The molecule has 24 heavy (non-hydrogen) atoms. The fourth-order valence-corrected chi connectivity index (χ4v) is 3.92. The molecule has 2 aromatic heterocycles. The van der Waals surface area contributed by atoms with Crippen molar-refractivity contribution in [2.75, 3.05) is 7.11 Å². The van der Waals surface area contributed by atoms with Gasteiger partial charge in [-0.1, -0.05) is 30.6 Å². The Balaban J connectivity index is 1.47. The summed E-state index contributed by atoms with van der Waals surface area (Å²) in [6.07, 6.45) is 6.26. The van der Waals surface area contributed by atoms with Crippen molar-refractivity contribution in [2.45, 2.75) is 44.6 Å². The Hall–Kier alpha value is -2.15. The minimum Gasteiger partial charge on any atom is -0.497 e. The molecule has 0 bridgehead atoms. The van der Waals surface area contributed by atoms with Gasteiger partial charge < -0.3 is 9.47 Å². The first-order valence-corrected chi connectivity index (χ1v) is 9.13. The van der Waals surface area contributed by atoms with E-state index in [2.05, 4.69) is 15.3 Å². The predicted molar refractivity (Wildman–Crippen MR) is 91.8 cm³/mol. The molecule has 4 rings (SSSR count). The average Bonchev–Trinajstić information content (AvgIpc) is 3.21. The van der Waals surface area contributed by atoms with Gasteiger partial charge in [0.15, 0.2) is 10.8 Å². The summed E-state index contributed by atoms with van der Waals surface area (Å²) in [6, 6.07) is 7.56. The third-order valence-corrected chi connectivity index (χ3v) is 5.32. The normalized spacial score (nSPS) is 15.7. The van der Waals surface area contributed by atoms with Crippen molar-refractivity contribution in [3.05, 3.63) is 35.1 Å². The Morgan fingerprint density at radius 1 is 1.08 bits per heavy atom. The van der Waals surface area contributed by atoms with Crippen LogP contribution in [0, 0.1) is 0 Å². The second kappa shape index (κ2) is 6.76. The van der Waals surface area contributed by atoms with Crippen molar-refractivity contribution in [2.24, 2.45) is 0 Å². The molecule has 3 aromatic rings. The van der Waals surface area contributed by atoms with Gasteiger partial charge in [0.05, 0.1) is 7.11 Å². The van der Waals surface area contributed by atoms with Crippen molar-refractivity contribution < 1.29 is 9.47 Å². The van der Waals surface area contributed by atoms with E-state index in [1.54, 1.807) is 7.11 Å². The SMILES string of the molecule is COc1ccc(OCc2nn3c(C4CCCCC4)nnc3s2)cc1. The molecule has 0 radical (unpaired) electrons. The highest BCUT2D eigenvalue weighted by Gasteiger charge is 2.22. The number of fused-ring (bicyclic) bond motifs is 1. The molecular weight excluding hydrogens is 324 g/mol. The molecule has 0 atom stereocenters. The first kappa shape index (κ1) is 15.4. The highest BCUT2D eigenvalue weighted by molar-refractivity contribution is 7.16. The summed E-state index contributed by atoms with van der Waals surface area (Å²) < 4.78 is 12.9. The Kier molecular flexibility index (Phi) is 4.34. The molecule has 2 heterocycles. The summed E-state index contributed by atoms with van der Waals surface area (Å²) in [4.78, 5) is 0.851. The van der Waals surface area contributed by atoms with Crippen LogP contribution in [-0.2, 0) is 6.61 Å². The first-order valence-electron chi connectivity index (χ1n) is 8.31. The zero-order chi connectivity index (χ0) is 16.4. The van der Waals surface area contributed by atoms with E-state index >= 15 is 0 Å². The molecule has 0 N–H and O–H groups in total. The number of hydrogen-bond donors (Lipinski definition) is 0. The summed E-state index contributed by atoms with van der Waals surface area (Å²) in [7, 11) is 1.65. The number of methoxy groups -OCH3 is 1. The van der Waals surface area contributed by atoms with E-state index < -0.39 is 0 Å². The lowest BCUT2D eigenvalue weighted by atomic mass is 9.89. The Bertz CT molecular complexity index is 806. The third kappa shape index (κ3) is 3.08. The first-order chi connectivity index (χ1) is 11.8. The van der Waals surface area contributed by atoms with Crippen LogP contribution >= 0.6 is 11.3 Å². The number of ether oxygens (including phenoxy) is 2. The highest BCUT2D eigenvalue weighted by atomic mass is 32.1. The fraction of sp³-hybridized carbons (Fsp3) is 0.471. The lowest BCUT2D eigenvalue weighted by Gasteiger charge is -2.18. The van der Waals surface area contributed by atoms with Crippen LogP contribution in [0.25, 0.3) is 4.96 Å². The van der Waals surface area contributed by atoms with Gasteiger partial charge >= 0.3 is 0 Å². The van der Waals surface area contributed by atoms with Gasteiger partial charge in [0.1, 0.15) is 18.1 Å². The second-order valence-corrected chi connectivity index (χ2v) is 7.09. The number of hydrogen-bond acceptors (Lipinski definition) is 6. The average molecular weight is 344 g/mol. The van der Waals surface area contributed by atoms with Crippen LogP contribution in [0.3, 0.4) is 0 Å². The zero-order valence-corrected chi connectivity index (χ0v) is 14.5. The van der Waals surface area contributed by atoms with Crippen molar-refractivity contribution >= 4 is 16.3 Å². The van der Waals surface area contributed by atoms with Gasteiger partial charge in [-0.05, 0) is 37.1 Å². The van der Waals surface area contributed by atoms with Gasteiger partial charge in [0.25, 0.3) is 0 Å². The van der Waals surface area contributed by atoms with Crippen molar-refractivity contribution in [1.29, 1.82) is 0 Å². The van der Waals surface area contributed by atoms with Crippen molar-refractivity contribution in [1.82, 2.24) is 19.8 Å². The second-order valence-electron chi connectivity index (χ2n) is 6.05. The van der Waals surface area contributed by atoms with E-state index in [1.807, 2.05) is 28.8 Å². The van der Waals surface area contributed by atoms with Gasteiger partial charge in [-0.25, -0.2) is 0 Å². The molecule has 126 valence electrons. The Labute approximate surface area is 144 Å². The Morgan fingerprint density at radius 2 is 1.83 bits per heavy atom. The molecule has 1 aliphatic rings. The molecular formula is C17H20N4O2S. The summed E-state index contributed by atoms with van der Waals surface area (Å²) in [5.41, 5.74) is 0. The standard InChI is InChI=1S/C17H20N4O2S/c1-22-13-7-9-14(10-8-13)23-11-15-20-21-16(18-19-17(21)24-15)12-5-3-2-4-6-12/h7-10,12H,2-6,11H2,1H3. The molecule has 1 fully saturated rings. The summed E-state index contributed by atoms with van der Waals surface area (Å²) in [6.45, 7) is 0.435. The molecule has 1 aromatic carbocycles. The molecule has 6 nitrogen and oxygen atoms in total. The van der Waals surface area contributed by atoms with Gasteiger partial charge in [-0.15, -0.1) is 10.2 Å². The molecule has 0 aliphatic heterocycles. The number of benzene rings is 1. The van der Waals surface area contributed by atoms with Gasteiger partial charge in [0, 0.05) is 5.92 Å². The van der Waals surface area contributed by atoms with Crippen molar-refractivity contribution in [3.8, 4) is 11.5 Å². The number of nitrogens with zero attached hydrogens (tertiary/aromatic N) is 4. The summed E-state index contributed by atoms with van der Waals surface area (Å²) in [5.74, 6) is 3.12. The summed E-state index contributed by atoms with van der Waals surface area (Å²) in [5, 5.41) is 14.2. The molecule has 0 unspecified atom stereocenters. The van der Waals surface area contributed by atoms with E-state index in [4.69, 9.17) is 9.47 Å². The van der Waals surface area contributed by atoms with E-state index in [1.165, 1.54) is 43.4 Å². The van der Waals surface area contributed by atoms with Gasteiger partial charge in [-0.3, -0.25) is 0 Å². The largest absolute Gasteiger partial charge is 0.497 e. The van der Waals surface area contributed by atoms with E-state index in [0.29, 0.717) is 12.5 Å². The van der Waals surface area contributed by atoms with Crippen molar-refractivity contribution in [3.63, 3.8) is 0 Å². The number of rotatable bonds is 5. The minimum atomic E-state index is 0.435. The lowest BCUT2D eigenvalue weighted by molar-refractivity contribution is 0.303. The topological polar surface area (TPSA) is 61.5 Å². The van der Waals surface area contributed by atoms with Crippen LogP contribution in [0.1, 0.15) is 48.9 Å². The van der Waals surface area contributed by atoms with E-state index in [9.17, 15) is 0 Å². The van der Waals surface area contributed by atoms with Crippen LogP contribution in [0.5, 0.6) is 11.5 Å². The van der Waals surface area contributed by atoms with Crippen LogP contribution in [0.4, 0.5) is 0 Å². The molecule has 0 amide bonds. The van der Waals surface area contributed by atoms with Gasteiger partial charge in [-0.2, -0.15) is 9.61 Å². The lowest BCUT2D eigenvalue weighted by Crippen LogP contribution is -2.09. The van der Waals surface area contributed by atoms with Crippen LogP contribution in [0.15, 0.2) is 24.3 Å². The van der Waals surface area contributed by atoms with E-state index in [-0.39, 0.29) is 0 Å². The third-order valence-electron chi connectivity index (χ3n) is 4.45. The maximum atomic E-state index is 5.81. The smallest absolute Gasteiger partial charge is 0.234 e. The molecule has 7 heteroatoms. The molecule has 0 saturated heterocycles. The van der Waals surface area contributed by atoms with Crippen LogP contribution in [0.2, 0.25) is 0 Å². The van der Waals surface area contributed by atoms with E-state index in [0.717, 1.165) is 27.3 Å². The monoisotopic (exact) mass is 344 g/mol. The van der Waals surface area contributed by atoms with Crippen LogP contribution < -0.4 is 9.47 Å². The van der Waals surface area contributed by atoms with Gasteiger partial charge in [0.2, 0.25) is 4.96 Å². The Morgan fingerprint density at radius 3 is 2.58 bits per heavy atom. The minimum absolute atomic E-state index is 0.435. The maximum Gasteiger partial charge on any atom is 0.234 e. The fourth-order valence-electron chi connectivity index (χ4n) is 3.16. The zero-order valence-electron chi connectivity index (χ0n) is 13.6. The molecule has 1 saturated carbocycles. The number of aromatic nitrogens is 4. The van der Waals surface area contributed by atoms with Crippen LogP contribution in [-0.4, -0.2) is 26.9 Å². The molecule has 1 aliphatic carbocycles. The quantitative estimate of drug-likeness (QED) is 0.704. The highest BCUT2D eigenvalue weighted by Crippen LogP contribution is 2.32. The summed E-state index contributed by atoms with van der Waals surface area (Å²) >= 11 is 1.54. The molecule has 0 spiro atoms.